The van der Waals surface area contributed by atoms with E-state index in [2.05, 4.69) is 4.74 Å². The van der Waals surface area contributed by atoms with E-state index in [0.29, 0.717) is 5.75 Å². The van der Waals surface area contributed by atoms with Crippen LogP contribution in [0.5, 0.6) is 5.75 Å². The third kappa shape index (κ3) is 2.70. The van der Waals surface area contributed by atoms with Crippen molar-refractivity contribution in [1.29, 1.82) is 0 Å². The van der Waals surface area contributed by atoms with E-state index in [0.717, 1.165) is 0 Å². The molecule has 4 nitrogen and oxygen atoms in total. The van der Waals surface area contributed by atoms with Crippen LogP contribution < -0.4 is 10.5 Å². The third-order valence-electron chi connectivity index (χ3n) is 2.22. The molecule has 1 atom stereocenters. The molecule has 88 valence electrons. The number of nitrogens with two attached hydrogens (primary N) is 1. The second-order valence-electron chi connectivity index (χ2n) is 3.25. The molecule has 0 fully saturated rings. The van der Waals surface area contributed by atoms with Gasteiger partial charge in [0.15, 0.2) is 0 Å². The summed E-state index contributed by atoms with van der Waals surface area (Å²) in [5.41, 5.74) is 5.84. The molecule has 0 aliphatic carbocycles. The highest BCUT2D eigenvalue weighted by molar-refractivity contribution is 5.75. The number of hydrogen-bond donors (Lipinski definition) is 1. The summed E-state index contributed by atoms with van der Waals surface area (Å²) in [4.78, 5) is 11.1. The van der Waals surface area contributed by atoms with Crippen molar-refractivity contribution in [3.63, 3.8) is 0 Å². The highest BCUT2D eigenvalue weighted by atomic mass is 19.1. The molecule has 0 aromatic heterocycles. The Kier molecular flexibility index (Phi) is 4.25. The molecule has 0 heterocycles. The van der Waals surface area contributed by atoms with Gasteiger partial charge in [-0.3, -0.25) is 4.79 Å². The Morgan fingerprint density at radius 2 is 2.19 bits per heavy atom. The van der Waals surface area contributed by atoms with Gasteiger partial charge in [-0.25, -0.2) is 4.39 Å². The van der Waals surface area contributed by atoms with Crippen LogP contribution in [0.3, 0.4) is 0 Å². The van der Waals surface area contributed by atoms with Crippen molar-refractivity contribution in [3.05, 3.63) is 29.6 Å². The number of carbonyl (C=O) groups excluding carboxylic acids is 1. The fraction of sp³-hybridized carbons (Fsp3) is 0.364. The molecule has 5 heteroatoms. The van der Waals surface area contributed by atoms with Crippen LogP contribution in [0.4, 0.5) is 4.39 Å². The first-order valence-corrected chi connectivity index (χ1v) is 4.75. The van der Waals surface area contributed by atoms with Crippen molar-refractivity contribution in [2.24, 2.45) is 5.73 Å². The molecule has 1 rings (SSSR count). The number of benzene rings is 1. The van der Waals surface area contributed by atoms with Gasteiger partial charge in [0.2, 0.25) is 0 Å². The number of ether oxygens (including phenoxy) is 2. The molecule has 16 heavy (non-hydrogen) atoms. The van der Waals surface area contributed by atoms with Gasteiger partial charge in [-0.2, -0.15) is 0 Å². The zero-order valence-corrected chi connectivity index (χ0v) is 9.20. The van der Waals surface area contributed by atoms with Crippen molar-refractivity contribution >= 4 is 5.97 Å². The largest absolute Gasteiger partial charge is 0.496 e. The molecule has 0 bridgehead atoms. The van der Waals surface area contributed by atoms with Gasteiger partial charge in [-0.1, -0.05) is 6.07 Å². The van der Waals surface area contributed by atoms with Gasteiger partial charge in [-0.15, -0.1) is 0 Å². The normalized spacial score (nSPS) is 12.0. The van der Waals surface area contributed by atoms with Crippen molar-refractivity contribution in [2.45, 2.75) is 12.5 Å². The molecular formula is C11H14FNO3. The van der Waals surface area contributed by atoms with Gasteiger partial charge in [-0.05, 0) is 12.1 Å². The predicted octanol–water partition coefficient (Wildman–Crippen LogP) is 0.877. The van der Waals surface area contributed by atoms with Crippen LogP contribution in [0.15, 0.2) is 18.2 Å². The quantitative estimate of drug-likeness (QED) is 0.775. The SMILES string of the molecule is COC(=O)[C@@H](N)Cc1c(F)cccc1OC. The summed E-state index contributed by atoms with van der Waals surface area (Å²) in [6, 6.07) is 3.54. The topological polar surface area (TPSA) is 61.5 Å². The number of carbonyl (C=O) groups is 1. The highest BCUT2D eigenvalue weighted by Crippen LogP contribution is 2.22. The zero-order chi connectivity index (χ0) is 12.1. The lowest BCUT2D eigenvalue weighted by atomic mass is 10.0. The van der Waals surface area contributed by atoms with Gasteiger partial charge < -0.3 is 15.2 Å². The highest BCUT2D eigenvalue weighted by Gasteiger charge is 2.19. The summed E-state index contributed by atoms with van der Waals surface area (Å²) in [6.07, 6.45) is 0.0442. The molecule has 0 aliphatic rings. The van der Waals surface area contributed by atoms with Crippen LogP contribution in [0.25, 0.3) is 0 Å². The fourth-order valence-corrected chi connectivity index (χ4v) is 1.38. The molecule has 0 saturated carbocycles. The monoisotopic (exact) mass is 227 g/mol. The fourth-order valence-electron chi connectivity index (χ4n) is 1.38. The van der Waals surface area contributed by atoms with Gasteiger partial charge >= 0.3 is 5.97 Å². The summed E-state index contributed by atoms with van der Waals surface area (Å²) in [5.74, 6) is -0.650. The summed E-state index contributed by atoms with van der Waals surface area (Å²) in [7, 11) is 2.67. The minimum Gasteiger partial charge on any atom is -0.496 e. The molecule has 0 unspecified atom stereocenters. The van der Waals surface area contributed by atoms with Gasteiger partial charge in [0.25, 0.3) is 0 Å². The maximum atomic E-state index is 13.5. The first-order valence-electron chi connectivity index (χ1n) is 4.75. The van der Waals surface area contributed by atoms with Gasteiger partial charge in [0.1, 0.15) is 17.6 Å². The Hall–Kier alpha value is -1.62. The van der Waals surface area contributed by atoms with Crippen LogP contribution in [-0.4, -0.2) is 26.2 Å². The van der Waals surface area contributed by atoms with E-state index in [1.165, 1.54) is 26.4 Å². The average Bonchev–Trinajstić information content (AvgIpc) is 2.30. The molecule has 1 aromatic carbocycles. The van der Waals surface area contributed by atoms with E-state index >= 15 is 0 Å². The van der Waals surface area contributed by atoms with Gasteiger partial charge in [0.05, 0.1) is 14.2 Å². The average molecular weight is 227 g/mol. The Bertz CT molecular complexity index is 381. The van der Waals surface area contributed by atoms with Crippen LogP contribution in [-0.2, 0) is 16.0 Å². The lowest BCUT2D eigenvalue weighted by Gasteiger charge is -2.13. The van der Waals surface area contributed by atoms with E-state index < -0.39 is 17.8 Å². The number of rotatable bonds is 4. The Morgan fingerprint density at radius 1 is 1.50 bits per heavy atom. The lowest BCUT2D eigenvalue weighted by molar-refractivity contribution is -0.142. The summed E-state index contributed by atoms with van der Waals surface area (Å²) >= 11 is 0. The van der Waals surface area contributed by atoms with Crippen molar-refractivity contribution in [2.75, 3.05) is 14.2 Å². The number of halogens is 1. The summed E-state index contributed by atoms with van der Waals surface area (Å²) < 4.78 is 22.9. The van der Waals surface area contributed by atoms with E-state index in [1.54, 1.807) is 6.07 Å². The van der Waals surface area contributed by atoms with E-state index in [9.17, 15) is 9.18 Å². The minimum atomic E-state index is -0.893. The molecule has 0 spiro atoms. The van der Waals surface area contributed by atoms with Crippen LogP contribution >= 0.6 is 0 Å². The molecule has 0 saturated heterocycles. The first kappa shape index (κ1) is 12.4. The Balaban J connectivity index is 2.91. The smallest absolute Gasteiger partial charge is 0.322 e. The van der Waals surface area contributed by atoms with Crippen molar-refractivity contribution in [3.8, 4) is 5.75 Å². The second-order valence-corrected chi connectivity index (χ2v) is 3.25. The van der Waals surface area contributed by atoms with Gasteiger partial charge in [0, 0.05) is 12.0 Å². The van der Waals surface area contributed by atoms with Crippen molar-refractivity contribution < 1.29 is 18.7 Å². The Morgan fingerprint density at radius 3 is 2.75 bits per heavy atom. The van der Waals surface area contributed by atoms with Crippen LogP contribution in [0.1, 0.15) is 5.56 Å². The second kappa shape index (κ2) is 5.46. The van der Waals surface area contributed by atoms with Crippen molar-refractivity contribution in [1.82, 2.24) is 0 Å². The van der Waals surface area contributed by atoms with Crippen LogP contribution in [0.2, 0.25) is 0 Å². The lowest BCUT2D eigenvalue weighted by Crippen LogP contribution is -2.34. The predicted molar refractivity (Wildman–Crippen MR) is 56.6 cm³/mol. The standard InChI is InChI=1S/C11H14FNO3/c1-15-10-5-3-4-8(12)7(10)6-9(13)11(14)16-2/h3-5,9H,6,13H2,1-2H3/t9-/m0/s1. The molecule has 0 aliphatic heterocycles. The molecule has 0 amide bonds. The molecular weight excluding hydrogens is 213 g/mol. The van der Waals surface area contributed by atoms with E-state index in [-0.39, 0.29) is 12.0 Å². The van der Waals surface area contributed by atoms with Crippen LogP contribution in [0, 0.1) is 5.82 Å². The van der Waals surface area contributed by atoms with E-state index in [1.807, 2.05) is 0 Å². The number of methoxy groups -OCH3 is 2. The zero-order valence-electron chi connectivity index (χ0n) is 9.20. The molecule has 1 aromatic rings. The maximum Gasteiger partial charge on any atom is 0.322 e. The molecule has 0 radical (unpaired) electrons. The van der Waals surface area contributed by atoms with E-state index in [4.69, 9.17) is 10.5 Å². The minimum absolute atomic E-state index is 0.0442. The molecule has 2 N–H and O–H groups in total. The maximum absolute atomic E-state index is 13.5. The Labute approximate surface area is 93.2 Å². The summed E-state index contributed by atoms with van der Waals surface area (Å²) in [6.45, 7) is 0. The first-order chi connectivity index (χ1) is 7.60. The number of esters is 1. The number of hydrogen-bond acceptors (Lipinski definition) is 4. The summed E-state index contributed by atoms with van der Waals surface area (Å²) in [5, 5.41) is 0. The third-order valence-corrected chi connectivity index (χ3v) is 2.22.